The van der Waals surface area contributed by atoms with Gasteiger partial charge in [-0.05, 0) is 69.2 Å². The Morgan fingerprint density at radius 1 is 1.12 bits per heavy atom. The van der Waals surface area contributed by atoms with Crippen molar-refractivity contribution >= 4 is 23.3 Å². The van der Waals surface area contributed by atoms with E-state index in [2.05, 4.69) is 15.6 Å². The smallest absolute Gasteiger partial charge is 0.343 e. The number of hydrazone groups is 1. The van der Waals surface area contributed by atoms with E-state index in [0.29, 0.717) is 28.3 Å². The molecule has 33 heavy (non-hydrogen) atoms. The van der Waals surface area contributed by atoms with Gasteiger partial charge >= 0.3 is 11.7 Å². The van der Waals surface area contributed by atoms with Gasteiger partial charge in [-0.2, -0.15) is 10.2 Å². The minimum absolute atomic E-state index is 0.106. The largest absolute Gasteiger partial charge is 0.423 e. The highest BCUT2D eigenvalue weighted by Gasteiger charge is 2.22. The maximum Gasteiger partial charge on any atom is 0.343 e. The van der Waals surface area contributed by atoms with Gasteiger partial charge in [-0.25, -0.2) is 10.2 Å². The molecule has 0 bridgehead atoms. The zero-order valence-corrected chi connectivity index (χ0v) is 18.7. The van der Waals surface area contributed by atoms with E-state index in [9.17, 15) is 19.7 Å². The summed E-state index contributed by atoms with van der Waals surface area (Å²) in [4.78, 5) is 35.1. The Balaban J connectivity index is 1.61. The van der Waals surface area contributed by atoms with Crippen LogP contribution in [0.5, 0.6) is 5.75 Å². The second-order valence-corrected chi connectivity index (χ2v) is 7.40. The fourth-order valence-electron chi connectivity index (χ4n) is 3.22. The van der Waals surface area contributed by atoms with E-state index in [1.807, 2.05) is 19.1 Å². The third-order valence-electron chi connectivity index (χ3n) is 5.02. The van der Waals surface area contributed by atoms with Crippen molar-refractivity contribution in [3.8, 4) is 5.75 Å². The van der Waals surface area contributed by atoms with Crippen LogP contribution < -0.4 is 10.2 Å². The zero-order valence-electron chi connectivity index (χ0n) is 18.7. The Morgan fingerprint density at radius 3 is 2.39 bits per heavy atom. The van der Waals surface area contributed by atoms with E-state index >= 15 is 0 Å². The highest BCUT2D eigenvalue weighted by atomic mass is 16.6. The number of ether oxygens (including phenoxy) is 1. The van der Waals surface area contributed by atoms with Gasteiger partial charge in [-0.1, -0.05) is 18.2 Å². The van der Waals surface area contributed by atoms with Crippen LogP contribution in [0.15, 0.2) is 53.6 Å². The summed E-state index contributed by atoms with van der Waals surface area (Å²) < 4.78 is 6.68. The number of nitro groups is 1. The number of carbonyl (C=O) groups is 2. The SMILES string of the molecule is C/C(=N\NC(=O)Cn1nc(C)c([N+](=O)[O-])c1C)c1ccc(OC(=O)c2ccccc2C)cc1. The molecule has 0 aliphatic carbocycles. The summed E-state index contributed by atoms with van der Waals surface area (Å²) in [7, 11) is 0. The highest BCUT2D eigenvalue weighted by molar-refractivity contribution is 5.99. The summed E-state index contributed by atoms with van der Waals surface area (Å²) in [6.07, 6.45) is 0. The maximum atomic E-state index is 12.3. The molecule has 10 nitrogen and oxygen atoms in total. The van der Waals surface area contributed by atoms with Crippen molar-refractivity contribution in [2.75, 3.05) is 0 Å². The molecule has 0 atom stereocenters. The summed E-state index contributed by atoms with van der Waals surface area (Å²) in [5, 5.41) is 19.2. The first-order chi connectivity index (χ1) is 15.7. The number of nitrogens with one attached hydrogen (secondary N) is 1. The lowest BCUT2D eigenvalue weighted by molar-refractivity contribution is -0.386. The van der Waals surface area contributed by atoms with Gasteiger partial charge in [0.1, 0.15) is 23.7 Å². The molecule has 1 N–H and O–H groups in total. The molecular formula is C23H23N5O5. The number of benzene rings is 2. The molecule has 0 radical (unpaired) electrons. The van der Waals surface area contributed by atoms with Gasteiger partial charge in [0, 0.05) is 0 Å². The Kier molecular flexibility index (Phi) is 6.97. The van der Waals surface area contributed by atoms with Gasteiger partial charge in [0.15, 0.2) is 0 Å². The molecule has 1 amide bonds. The van der Waals surface area contributed by atoms with Crippen LogP contribution in [0.3, 0.4) is 0 Å². The molecule has 0 aliphatic rings. The number of carbonyl (C=O) groups excluding carboxylic acids is 2. The van der Waals surface area contributed by atoms with Crippen LogP contribution in [-0.4, -0.2) is 32.3 Å². The number of aromatic nitrogens is 2. The molecule has 1 heterocycles. The first-order valence-corrected chi connectivity index (χ1v) is 10.1. The number of aryl methyl sites for hydroxylation is 2. The molecular weight excluding hydrogens is 426 g/mol. The van der Waals surface area contributed by atoms with E-state index in [1.165, 1.54) is 18.5 Å². The molecule has 170 valence electrons. The second-order valence-electron chi connectivity index (χ2n) is 7.40. The molecule has 0 spiro atoms. The van der Waals surface area contributed by atoms with Crippen molar-refractivity contribution in [2.24, 2.45) is 5.10 Å². The lowest BCUT2D eigenvalue weighted by Crippen LogP contribution is -2.25. The summed E-state index contributed by atoms with van der Waals surface area (Å²) in [6, 6.07) is 13.9. The minimum atomic E-state index is -0.518. The number of rotatable bonds is 7. The van der Waals surface area contributed by atoms with E-state index in [0.717, 1.165) is 5.56 Å². The fraction of sp³-hybridized carbons (Fsp3) is 0.217. The monoisotopic (exact) mass is 449 g/mol. The van der Waals surface area contributed by atoms with Gasteiger partial charge in [-0.3, -0.25) is 19.6 Å². The van der Waals surface area contributed by atoms with Crippen molar-refractivity contribution in [1.82, 2.24) is 15.2 Å². The Labute approximate surface area is 190 Å². The number of nitrogens with zero attached hydrogens (tertiary/aromatic N) is 4. The van der Waals surface area contributed by atoms with Gasteiger partial charge in [0.2, 0.25) is 0 Å². The van der Waals surface area contributed by atoms with Crippen LogP contribution in [0.1, 0.15) is 39.8 Å². The zero-order chi connectivity index (χ0) is 24.1. The molecule has 0 saturated heterocycles. The van der Waals surface area contributed by atoms with Gasteiger partial charge in [-0.15, -0.1) is 0 Å². The van der Waals surface area contributed by atoms with Crippen molar-refractivity contribution in [3.63, 3.8) is 0 Å². The summed E-state index contributed by atoms with van der Waals surface area (Å²) in [6.45, 7) is 6.40. The third kappa shape index (κ3) is 5.48. The van der Waals surface area contributed by atoms with Crippen LogP contribution in [0.4, 0.5) is 5.69 Å². The quantitative estimate of drug-likeness (QED) is 0.193. The lowest BCUT2D eigenvalue weighted by Gasteiger charge is -2.08. The summed E-state index contributed by atoms with van der Waals surface area (Å²) in [5.41, 5.74) is 5.42. The topological polar surface area (TPSA) is 129 Å². The first kappa shape index (κ1) is 23.3. The third-order valence-corrected chi connectivity index (χ3v) is 5.02. The number of hydrogen-bond acceptors (Lipinski definition) is 7. The van der Waals surface area contributed by atoms with Crippen LogP contribution >= 0.6 is 0 Å². The number of amides is 1. The van der Waals surface area contributed by atoms with Crippen molar-refractivity contribution in [2.45, 2.75) is 34.2 Å². The van der Waals surface area contributed by atoms with E-state index < -0.39 is 16.8 Å². The molecule has 10 heteroatoms. The van der Waals surface area contributed by atoms with Gasteiger partial charge in [0.05, 0.1) is 16.2 Å². The first-order valence-electron chi connectivity index (χ1n) is 10.1. The molecule has 0 saturated carbocycles. The number of esters is 1. The molecule has 0 aliphatic heterocycles. The Bertz CT molecular complexity index is 1240. The molecule has 3 aromatic rings. The Hall–Kier alpha value is -4.34. The van der Waals surface area contributed by atoms with Gasteiger partial charge in [0.25, 0.3) is 5.91 Å². The molecule has 2 aromatic carbocycles. The van der Waals surface area contributed by atoms with Crippen LogP contribution in [0, 0.1) is 30.9 Å². The average molecular weight is 449 g/mol. The molecule has 1 aromatic heterocycles. The van der Waals surface area contributed by atoms with Crippen molar-refractivity contribution < 1.29 is 19.2 Å². The highest BCUT2D eigenvalue weighted by Crippen LogP contribution is 2.21. The predicted molar refractivity (Wildman–Crippen MR) is 121 cm³/mol. The normalized spacial score (nSPS) is 11.2. The van der Waals surface area contributed by atoms with E-state index in [1.54, 1.807) is 43.3 Å². The minimum Gasteiger partial charge on any atom is -0.423 e. The standard InChI is InChI=1S/C23H23N5O5/c1-14-7-5-6-8-20(14)23(30)33-19-11-9-18(10-12-19)15(2)24-25-21(29)13-27-17(4)22(28(31)32)16(3)26-27/h5-12H,13H2,1-4H3,(H,25,29)/b24-15+. The predicted octanol–water partition coefficient (Wildman–Crippen LogP) is 3.48. The van der Waals surface area contributed by atoms with Crippen molar-refractivity contribution in [3.05, 3.63) is 86.7 Å². The maximum absolute atomic E-state index is 12.3. The van der Waals surface area contributed by atoms with Crippen molar-refractivity contribution in [1.29, 1.82) is 0 Å². The molecule has 3 rings (SSSR count). The lowest BCUT2D eigenvalue weighted by atomic mass is 10.1. The van der Waals surface area contributed by atoms with Gasteiger partial charge < -0.3 is 4.74 Å². The van der Waals surface area contributed by atoms with E-state index in [-0.39, 0.29) is 17.9 Å². The van der Waals surface area contributed by atoms with Crippen LogP contribution in [-0.2, 0) is 11.3 Å². The Morgan fingerprint density at radius 2 is 1.79 bits per heavy atom. The fourth-order valence-corrected chi connectivity index (χ4v) is 3.22. The van der Waals surface area contributed by atoms with E-state index in [4.69, 9.17) is 4.74 Å². The second kappa shape index (κ2) is 9.86. The van der Waals surface area contributed by atoms with Crippen LogP contribution in [0.2, 0.25) is 0 Å². The average Bonchev–Trinajstić information content (AvgIpc) is 3.05. The summed E-state index contributed by atoms with van der Waals surface area (Å²) >= 11 is 0. The molecule has 0 unspecified atom stereocenters. The summed E-state index contributed by atoms with van der Waals surface area (Å²) in [5.74, 6) is -0.531. The van der Waals surface area contributed by atoms with Crippen LogP contribution in [0.25, 0.3) is 0 Å². The molecule has 0 fully saturated rings. The number of hydrogen-bond donors (Lipinski definition) is 1.